The quantitative estimate of drug-likeness (QED) is 0.698. The summed E-state index contributed by atoms with van der Waals surface area (Å²) in [4.78, 5) is 20.1. The molecule has 0 saturated carbocycles. The first kappa shape index (κ1) is 16.3. The number of fused-ring (bicyclic) bond motifs is 1. The minimum Gasteiger partial charge on any atom is -0.484 e. The standard InChI is InChI=1S/C18H17N3O2S/c1-12-18(21-16-8-3-2-7-15(16)20-12)24-11-13-5-4-6-14(9-13)23-10-17(19)22/h2-9H,10-11H2,1H3,(H2,19,22). The van der Waals surface area contributed by atoms with E-state index in [1.54, 1.807) is 17.8 Å². The summed E-state index contributed by atoms with van der Waals surface area (Å²) in [6, 6.07) is 15.5. The number of benzene rings is 2. The van der Waals surface area contributed by atoms with E-state index < -0.39 is 5.91 Å². The lowest BCUT2D eigenvalue weighted by atomic mass is 10.2. The van der Waals surface area contributed by atoms with E-state index in [1.165, 1.54) is 0 Å². The number of aromatic nitrogens is 2. The minimum atomic E-state index is -0.489. The van der Waals surface area contributed by atoms with Gasteiger partial charge in [-0.2, -0.15) is 0 Å². The highest BCUT2D eigenvalue weighted by Crippen LogP contribution is 2.26. The molecule has 0 bridgehead atoms. The third kappa shape index (κ3) is 4.02. The number of hydrogen-bond acceptors (Lipinski definition) is 5. The maximum Gasteiger partial charge on any atom is 0.255 e. The topological polar surface area (TPSA) is 78.1 Å². The van der Waals surface area contributed by atoms with Crippen LogP contribution in [-0.4, -0.2) is 22.5 Å². The monoisotopic (exact) mass is 339 g/mol. The number of rotatable bonds is 6. The van der Waals surface area contributed by atoms with Crippen LogP contribution in [0.5, 0.6) is 5.75 Å². The van der Waals surface area contributed by atoms with Crippen molar-refractivity contribution in [1.82, 2.24) is 9.97 Å². The van der Waals surface area contributed by atoms with E-state index in [2.05, 4.69) is 9.97 Å². The van der Waals surface area contributed by atoms with Crippen LogP contribution in [0, 0.1) is 6.92 Å². The molecule has 0 aliphatic rings. The number of aryl methyl sites for hydroxylation is 1. The van der Waals surface area contributed by atoms with Crippen LogP contribution in [0.1, 0.15) is 11.3 Å². The molecule has 0 atom stereocenters. The molecule has 5 nitrogen and oxygen atoms in total. The number of nitrogens with zero attached hydrogens (tertiary/aromatic N) is 2. The first-order valence-electron chi connectivity index (χ1n) is 7.48. The molecule has 1 amide bonds. The average Bonchev–Trinajstić information content (AvgIpc) is 2.58. The number of ether oxygens (including phenoxy) is 1. The van der Waals surface area contributed by atoms with Gasteiger partial charge >= 0.3 is 0 Å². The molecule has 0 saturated heterocycles. The van der Waals surface area contributed by atoms with Crippen LogP contribution in [-0.2, 0) is 10.5 Å². The zero-order valence-electron chi connectivity index (χ0n) is 13.2. The Kier molecular flexibility index (Phi) is 4.96. The molecule has 0 radical (unpaired) electrons. The number of nitrogens with two attached hydrogens (primary N) is 1. The Morgan fingerprint density at radius 2 is 1.88 bits per heavy atom. The van der Waals surface area contributed by atoms with Crippen LogP contribution in [0.15, 0.2) is 53.6 Å². The summed E-state index contributed by atoms with van der Waals surface area (Å²) in [6.45, 7) is 1.85. The van der Waals surface area contributed by atoms with Gasteiger partial charge in [-0.1, -0.05) is 36.0 Å². The Bertz CT molecular complexity index is 883. The lowest BCUT2D eigenvalue weighted by Gasteiger charge is -2.08. The molecule has 2 N–H and O–H groups in total. The van der Waals surface area contributed by atoms with Crippen molar-refractivity contribution in [2.45, 2.75) is 17.7 Å². The van der Waals surface area contributed by atoms with E-state index in [0.29, 0.717) is 5.75 Å². The van der Waals surface area contributed by atoms with Gasteiger partial charge in [-0.05, 0) is 36.8 Å². The van der Waals surface area contributed by atoms with Crippen LogP contribution in [0.4, 0.5) is 0 Å². The van der Waals surface area contributed by atoms with Gasteiger partial charge in [0.25, 0.3) is 5.91 Å². The largest absolute Gasteiger partial charge is 0.484 e. The Hall–Kier alpha value is -2.60. The molecule has 24 heavy (non-hydrogen) atoms. The summed E-state index contributed by atoms with van der Waals surface area (Å²) in [5.41, 5.74) is 8.88. The van der Waals surface area contributed by atoms with Gasteiger partial charge in [0.15, 0.2) is 6.61 Å². The van der Waals surface area contributed by atoms with E-state index in [-0.39, 0.29) is 6.61 Å². The maximum absolute atomic E-state index is 10.8. The van der Waals surface area contributed by atoms with Crippen molar-refractivity contribution in [3.05, 3.63) is 59.8 Å². The van der Waals surface area contributed by atoms with Crippen LogP contribution in [0.3, 0.4) is 0 Å². The second-order valence-corrected chi connectivity index (χ2v) is 6.26. The van der Waals surface area contributed by atoms with Gasteiger partial charge in [-0.3, -0.25) is 4.79 Å². The SMILES string of the molecule is Cc1nc2ccccc2nc1SCc1cccc(OCC(N)=O)c1. The number of carbonyl (C=O) groups is 1. The molecule has 122 valence electrons. The summed E-state index contributed by atoms with van der Waals surface area (Å²) < 4.78 is 5.33. The zero-order chi connectivity index (χ0) is 16.9. The van der Waals surface area contributed by atoms with E-state index in [1.807, 2.05) is 49.4 Å². The van der Waals surface area contributed by atoms with Crippen molar-refractivity contribution in [2.75, 3.05) is 6.61 Å². The molecule has 1 heterocycles. The number of thioether (sulfide) groups is 1. The van der Waals surface area contributed by atoms with Crippen molar-refractivity contribution in [3.63, 3.8) is 0 Å². The summed E-state index contributed by atoms with van der Waals surface area (Å²) in [7, 11) is 0. The van der Waals surface area contributed by atoms with Crippen molar-refractivity contribution in [3.8, 4) is 5.75 Å². The number of amides is 1. The molecule has 1 aromatic heterocycles. The van der Waals surface area contributed by atoms with Crippen LogP contribution in [0.2, 0.25) is 0 Å². The number of primary amides is 1. The van der Waals surface area contributed by atoms with Crippen LogP contribution < -0.4 is 10.5 Å². The van der Waals surface area contributed by atoms with Gasteiger partial charge in [0.1, 0.15) is 10.8 Å². The fraction of sp³-hybridized carbons (Fsp3) is 0.167. The molecule has 0 aliphatic heterocycles. The van der Waals surface area contributed by atoms with Gasteiger partial charge in [-0.15, -0.1) is 0 Å². The fourth-order valence-electron chi connectivity index (χ4n) is 2.24. The molecule has 0 fully saturated rings. The van der Waals surface area contributed by atoms with Gasteiger partial charge < -0.3 is 10.5 Å². The lowest BCUT2D eigenvalue weighted by molar-refractivity contribution is -0.119. The normalized spacial score (nSPS) is 10.7. The van der Waals surface area contributed by atoms with E-state index >= 15 is 0 Å². The van der Waals surface area contributed by atoms with Gasteiger partial charge in [0.2, 0.25) is 0 Å². The van der Waals surface area contributed by atoms with Crippen LogP contribution in [0.25, 0.3) is 11.0 Å². The maximum atomic E-state index is 10.8. The molecule has 3 rings (SSSR count). The summed E-state index contributed by atoms with van der Waals surface area (Å²) in [6.07, 6.45) is 0. The smallest absolute Gasteiger partial charge is 0.255 e. The molecule has 6 heteroatoms. The van der Waals surface area contributed by atoms with E-state index in [0.717, 1.165) is 33.1 Å². The predicted molar refractivity (Wildman–Crippen MR) is 95.0 cm³/mol. The third-order valence-corrected chi connectivity index (χ3v) is 4.49. The van der Waals surface area contributed by atoms with Crippen molar-refractivity contribution >= 4 is 28.7 Å². The Balaban J connectivity index is 1.72. The zero-order valence-corrected chi connectivity index (χ0v) is 14.0. The predicted octanol–water partition coefficient (Wildman–Crippen LogP) is 3.09. The first-order valence-corrected chi connectivity index (χ1v) is 8.46. The minimum absolute atomic E-state index is 0.119. The van der Waals surface area contributed by atoms with Crippen molar-refractivity contribution in [2.24, 2.45) is 5.73 Å². The summed E-state index contributed by atoms with van der Waals surface area (Å²) in [5, 5.41) is 0.914. The molecule has 0 aliphatic carbocycles. The fourth-order valence-corrected chi connectivity index (χ4v) is 3.14. The van der Waals surface area contributed by atoms with Gasteiger partial charge in [-0.25, -0.2) is 9.97 Å². The molecular weight excluding hydrogens is 322 g/mol. The van der Waals surface area contributed by atoms with Gasteiger partial charge in [0, 0.05) is 5.75 Å². The number of para-hydroxylation sites is 2. The number of carbonyl (C=O) groups excluding carboxylic acids is 1. The second-order valence-electron chi connectivity index (χ2n) is 5.29. The van der Waals surface area contributed by atoms with Crippen molar-refractivity contribution in [1.29, 1.82) is 0 Å². The molecule has 2 aromatic carbocycles. The second kappa shape index (κ2) is 7.31. The first-order chi connectivity index (χ1) is 11.6. The molecule has 3 aromatic rings. The summed E-state index contributed by atoms with van der Waals surface area (Å²) >= 11 is 1.63. The van der Waals surface area contributed by atoms with Crippen LogP contribution >= 0.6 is 11.8 Å². The Morgan fingerprint density at radius 1 is 1.12 bits per heavy atom. The lowest BCUT2D eigenvalue weighted by Crippen LogP contribution is -2.20. The molecule has 0 unspecified atom stereocenters. The Labute approximate surface area is 144 Å². The molecular formula is C18H17N3O2S. The van der Waals surface area contributed by atoms with Gasteiger partial charge in [0.05, 0.1) is 16.7 Å². The van der Waals surface area contributed by atoms with E-state index in [4.69, 9.17) is 10.5 Å². The highest BCUT2D eigenvalue weighted by Gasteiger charge is 2.07. The highest BCUT2D eigenvalue weighted by atomic mass is 32.2. The van der Waals surface area contributed by atoms with Crippen molar-refractivity contribution < 1.29 is 9.53 Å². The molecule has 0 spiro atoms. The van der Waals surface area contributed by atoms with E-state index in [9.17, 15) is 4.79 Å². The highest BCUT2D eigenvalue weighted by molar-refractivity contribution is 7.98. The Morgan fingerprint density at radius 3 is 2.62 bits per heavy atom. The summed E-state index contributed by atoms with van der Waals surface area (Å²) in [5.74, 6) is 0.881. The third-order valence-electron chi connectivity index (χ3n) is 3.36. The average molecular weight is 339 g/mol. The number of hydrogen-bond donors (Lipinski definition) is 1.